The highest BCUT2D eigenvalue weighted by Crippen LogP contribution is 2.38. The number of Topliss-reactive ketones (excluding diaryl/α,β-unsaturated/α-hetero) is 1. The first kappa shape index (κ1) is 13.3. The van der Waals surface area contributed by atoms with Crippen LogP contribution in [0.5, 0.6) is 0 Å². The van der Waals surface area contributed by atoms with E-state index >= 15 is 0 Å². The van der Waals surface area contributed by atoms with Crippen LogP contribution in [0.2, 0.25) is 0 Å². The molecule has 20 heavy (non-hydrogen) atoms. The maximum atomic E-state index is 13.9. The van der Waals surface area contributed by atoms with Gasteiger partial charge in [-0.1, -0.05) is 0 Å². The molecule has 0 radical (unpaired) electrons. The molecule has 0 saturated carbocycles. The summed E-state index contributed by atoms with van der Waals surface area (Å²) in [5.74, 6) is -0.753. The molecule has 2 saturated heterocycles. The van der Waals surface area contributed by atoms with E-state index in [2.05, 4.69) is 11.9 Å². The van der Waals surface area contributed by atoms with Crippen molar-refractivity contribution in [1.82, 2.24) is 4.90 Å². The molecule has 0 aliphatic carbocycles. The van der Waals surface area contributed by atoms with E-state index in [0.29, 0.717) is 17.6 Å². The van der Waals surface area contributed by atoms with E-state index in [9.17, 15) is 9.18 Å². The largest absolute Gasteiger partial charge is 0.300 e. The van der Waals surface area contributed by atoms with Gasteiger partial charge in [0, 0.05) is 18.0 Å². The molecule has 2 aliphatic rings. The number of ketones is 1. The lowest BCUT2D eigenvalue weighted by molar-refractivity contribution is 0.0763. The van der Waals surface area contributed by atoms with Crippen molar-refractivity contribution < 1.29 is 9.18 Å². The Bertz CT molecular complexity index is 579. The molecule has 1 aromatic carbocycles. The number of hydrogen-bond acceptors (Lipinski definition) is 3. The Balaban J connectivity index is 1.85. The van der Waals surface area contributed by atoms with Gasteiger partial charge in [0.05, 0.1) is 17.2 Å². The first-order chi connectivity index (χ1) is 9.60. The van der Waals surface area contributed by atoms with Crippen LogP contribution in [0, 0.1) is 23.1 Å². The molecule has 1 aromatic rings. The van der Waals surface area contributed by atoms with Crippen molar-refractivity contribution in [2.24, 2.45) is 5.92 Å². The van der Waals surface area contributed by atoms with Crippen LogP contribution in [-0.2, 0) is 0 Å². The molecule has 2 aliphatic heterocycles. The molecule has 4 heteroatoms. The number of nitrogens with zero attached hydrogens (tertiary/aromatic N) is 2. The van der Waals surface area contributed by atoms with Crippen LogP contribution in [0.15, 0.2) is 18.2 Å². The molecule has 2 atom stereocenters. The summed E-state index contributed by atoms with van der Waals surface area (Å²) in [5, 5.41) is 8.88. The summed E-state index contributed by atoms with van der Waals surface area (Å²) < 4.78 is 13.9. The molecular formula is C16H17FN2O. The summed E-state index contributed by atoms with van der Waals surface area (Å²) in [5.41, 5.74) is 0.420. The second-order valence-electron chi connectivity index (χ2n) is 5.89. The van der Waals surface area contributed by atoms with Crippen LogP contribution < -0.4 is 0 Å². The number of fused-ring (bicyclic) bond motifs is 2. The molecule has 0 aromatic heterocycles. The Morgan fingerprint density at radius 1 is 1.35 bits per heavy atom. The topological polar surface area (TPSA) is 44.1 Å². The third-order valence-electron chi connectivity index (χ3n) is 4.83. The van der Waals surface area contributed by atoms with Gasteiger partial charge in [-0.25, -0.2) is 4.39 Å². The Kier molecular flexibility index (Phi) is 3.31. The Labute approximate surface area is 118 Å². The fourth-order valence-corrected chi connectivity index (χ4v) is 3.63. The number of carbonyl (C=O) groups excluding carboxylic acids is 1. The van der Waals surface area contributed by atoms with E-state index in [4.69, 9.17) is 5.26 Å². The lowest BCUT2D eigenvalue weighted by Gasteiger charge is -2.35. The minimum absolute atomic E-state index is 0.0815. The highest BCUT2D eigenvalue weighted by Gasteiger charge is 2.41. The Hall–Kier alpha value is -1.73. The van der Waals surface area contributed by atoms with E-state index in [1.54, 1.807) is 0 Å². The molecule has 2 unspecified atom stereocenters. The monoisotopic (exact) mass is 272 g/mol. The van der Waals surface area contributed by atoms with E-state index < -0.39 is 5.82 Å². The van der Waals surface area contributed by atoms with E-state index in [1.807, 2.05) is 6.07 Å². The van der Waals surface area contributed by atoms with Gasteiger partial charge in [-0.05, 0) is 50.9 Å². The normalized spacial score (nSPS) is 29.1. The number of rotatable bonds is 2. The van der Waals surface area contributed by atoms with Crippen LogP contribution in [-0.4, -0.2) is 29.8 Å². The van der Waals surface area contributed by atoms with Gasteiger partial charge in [0.15, 0.2) is 5.78 Å². The summed E-state index contributed by atoms with van der Waals surface area (Å²) in [6.45, 7) is 0. The van der Waals surface area contributed by atoms with E-state index in [-0.39, 0.29) is 17.3 Å². The van der Waals surface area contributed by atoms with Crippen LogP contribution in [0.3, 0.4) is 0 Å². The number of benzene rings is 1. The molecule has 3 nitrogen and oxygen atoms in total. The first-order valence-corrected chi connectivity index (χ1v) is 7.06. The van der Waals surface area contributed by atoms with Gasteiger partial charge in [0.25, 0.3) is 0 Å². The quantitative estimate of drug-likeness (QED) is 0.778. The highest BCUT2D eigenvalue weighted by molar-refractivity contribution is 5.98. The Morgan fingerprint density at radius 2 is 2.00 bits per heavy atom. The second-order valence-corrected chi connectivity index (χ2v) is 5.89. The molecule has 0 spiro atoms. The predicted octanol–water partition coefficient (Wildman–Crippen LogP) is 2.75. The zero-order chi connectivity index (χ0) is 14.3. The number of nitriles is 1. The predicted molar refractivity (Wildman–Crippen MR) is 72.7 cm³/mol. The summed E-state index contributed by atoms with van der Waals surface area (Å²) >= 11 is 0. The van der Waals surface area contributed by atoms with Gasteiger partial charge in [0.1, 0.15) is 5.82 Å². The van der Waals surface area contributed by atoms with E-state index in [0.717, 1.165) is 25.7 Å². The fourth-order valence-electron chi connectivity index (χ4n) is 3.63. The average Bonchev–Trinajstić information content (AvgIpc) is 2.68. The molecule has 104 valence electrons. The van der Waals surface area contributed by atoms with Gasteiger partial charge in [-0.15, -0.1) is 0 Å². The number of carbonyl (C=O) groups is 1. The van der Waals surface area contributed by atoms with Crippen LogP contribution in [0.4, 0.5) is 4.39 Å². The third kappa shape index (κ3) is 2.12. The number of halogens is 1. The summed E-state index contributed by atoms with van der Waals surface area (Å²) in [6, 6.07) is 6.87. The van der Waals surface area contributed by atoms with Crippen molar-refractivity contribution in [2.75, 3.05) is 7.05 Å². The maximum Gasteiger partial charge on any atom is 0.169 e. The maximum absolute atomic E-state index is 13.9. The van der Waals surface area contributed by atoms with Crippen LogP contribution in [0.1, 0.15) is 41.6 Å². The van der Waals surface area contributed by atoms with Gasteiger partial charge in [0.2, 0.25) is 0 Å². The van der Waals surface area contributed by atoms with E-state index in [1.165, 1.54) is 18.2 Å². The van der Waals surface area contributed by atoms with Crippen molar-refractivity contribution >= 4 is 5.78 Å². The lowest BCUT2D eigenvalue weighted by atomic mass is 9.84. The van der Waals surface area contributed by atoms with Gasteiger partial charge in [-0.3, -0.25) is 4.79 Å². The molecule has 0 amide bonds. The van der Waals surface area contributed by atoms with Gasteiger partial charge in [-0.2, -0.15) is 5.26 Å². The summed E-state index contributed by atoms with van der Waals surface area (Å²) in [4.78, 5) is 14.9. The standard InChI is InChI=1S/C16H17FN2O/c1-19-12-3-4-13(19)8-11(7-12)16(20)14-6-10(9-18)2-5-15(14)17/h2,5-6,11-13H,3-4,7-8H2,1H3. The Morgan fingerprint density at radius 3 is 2.60 bits per heavy atom. The number of hydrogen-bond donors (Lipinski definition) is 0. The molecule has 2 fully saturated rings. The first-order valence-electron chi connectivity index (χ1n) is 7.06. The lowest BCUT2D eigenvalue weighted by Crippen LogP contribution is -2.42. The van der Waals surface area contributed by atoms with Crippen molar-refractivity contribution in [1.29, 1.82) is 5.26 Å². The van der Waals surface area contributed by atoms with Crippen molar-refractivity contribution in [3.8, 4) is 6.07 Å². The van der Waals surface area contributed by atoms with Crippen LogP contribution >= 0.6 is 0 Å². The summed E-state index contributed by atoms with van der Waals surface area (Å²) in [7, 11) is 2.11. The molecular weight excluding hydrogens is 255 g/mol. The van der Waals surface area contributed by atoms with Crippen molar-refractivity contribution in [3.05, 3.63) is 35.1 Å². The van der Waals surface area contributed by atoms with Crippen molar-refractivity contribution in [2.45, 2.75) is 37.8 Å². The molecule has 0 N–H and O–H groups in total. The smallest absolute Gasteiger partial charge is 0.169 e. The fraction of sp³-hybridized carbons (Fsp3) is 0.500. The molecule has 3 rings (SSSR count). The number of piperidine rings is 1. The van der Waals surface area contributed by atoms with Gasteiger partial charge >= 0.3 is 0 Å². The minimum atomic E-state index is -0.514. The summed E-state index contributed by atoms with van der Waals surface area (Å²) in [6.07, 6.45) is 3.88. The molecule has 2 heterocycles. The zero-order valence-electron chi connectivity index (χ0n) is 11.5. The second kappa shape index (κ2) is 4.99. The molecule has 2 bridgehead atoms. The minimum Gasteiger partial charge on any atom is -0.300 e. The highest BCUT2D eigenvalue weighted by atomic mass is 19.1. The zero-order valence-corrected chi connectivity index (χ0v) is 11.5. The SMILES string of the molecule is CN1C2CCC1CC(C(=O)c1cc(C#N)ccc1F)C2. The van der Waals surface area contributed by atoms with Gasteiger partial charge < -0.3 is 4.90 Å². The van der Waals surface area contributed by atoms with Crippen molar-refractivity contribution in [3.63, 3.8) is 0 Å². The average molecular weight is 272 g/mol. The van der Waals surface area contributed by atoms with Crippen LogP contribution in [0.25, 0.3) is 0 Å². The third-order valence-corrected chi connectivity index (χ3v) is 4.83.